The molecule has 2 aromatic carbocycles. The van der Waals surface area contributed by atoms with Crippen LogP contribution in [0.4, 0.5) is 0 Å². The van der Waals surface area contributed by atoms with E-state index < -0.39 is 0 Å². The molecule has 1 aromatic heterocycles. The molecule has 156 valence electrons. The normalized spacial score (nSPS) is 13.9. The van der Waals surface area contributed by atoms with E-state index in [9.17, 15) is 4.79 Å². The van der Waals surface area contributed by atoms with Gasteiger partial charge in [-0.25, -0.2) is 0 Å². The first kappa shape index (κ1) is 20.1. The first-order chi connectivity index (χ1) is 14.6. The number of aromatic nitrogens is 1. The third kappa shape index (κ3) is 3.67. The van der Waals surface area contributed by atoms with E-state index in [2.05, 4.69) is 16.7 Å². The minimum absolute atomic E-state index is 0.107. The highest BCUT2D eigenvalue weighted by Gasteiger charge is 2.25. The van der Waals surface area contributed by atoms with Gasteiger partial charge in [0.2, 0.25) is 0 Å². The zero-order valence-corrected chi connectivity index (χ0v) is 17.9. The van der Waals surface area contributed by atoms with E-state index in [4.69, 9.17) is 9.47 Å². The second kappa shape index (κ2) is 8.66. The zero-order chi connectivity index (χ0) is 21.1. The lowest BCUT2D eigenvalue weighted by Gasteiger charge is -2.26. The van der Waals surface area contributed by atoms with Gasteiger partial charge in [-0.05, 0) is 56.5 Å². The Balaban J connectivity index is 1.88. The van der Waals surface area contributed by atoms with E-state index >= 15 is 0 Å². The summed E-state index contributed by atoms with van der Waals surface area (Å²) in [5, 5.41) is 0. The molecule has 1 saturated heterocycles. The number of rotatable bonds is 5. The SMILES string of the molecule is COc1ccc(-c2cc(C(=O)N3CCCCC3)c(C)n2-c2ccccc2)c(OC)c1. The molecule has 5 heteroatoms. The first-order valence-corrected chi connectivity index (χ1v) is 10.4. The van der Waals surface area contributed by atoms with Crippen LogP contribution in [0.1, 0.15) is 35.3 Å². The van der Waals surface area contributed by atoms with Crippen LogP contribution in [0.2, 0.25) is 0 Å². The number of nitrogens with zero attached hydrogens (tertiary/aromatic N) is 2. The van der Waals surface area contributed by atoms with E-state index in [-0.39, 0.29) is 5.91 Å². The van der Waals surface area contributed by atoms with Crippen LogP contribution in [0.25, 0.3) is 16.9 Å². The van der Waals surface area contributed by atoms with E-state index in [0.717, 1.165) is 59.9 Å². The van der Waals surface area contributed by atoms with E-state index in [1.54, 1.807) is 14.2 Å². The number of likely N-dealkylation sites (tertiary alicyclic amines) is 1. The van der Waals surface area contributed by atoms with Crippen LogP contribution < -0.4 is 9.47 Å². The van der Waals surface area contributed by atoms with Crippen molar-refractivity contribution in [3.05, 3.63) is 65.9 Å². The molecule has 2 heterocycles. The van der Waals surface area contributed by atoms with Crippen molar-refractivity contribution in [2.75, 3.05) is 27.3 Å². The Labute approximate surface area is 177 Å². The van der Waals surface area contributed by atoms with Gasteiger partial charge in [-0.15, -0.1) is 0 Å². The van der Waals surface area contributed by atoms with Gasteiger partial charge < -0.3 is 18.9 Å². The number of benzene rings is 2. The molecule has 5 nitrogen and oxygen atoms in total. The lowest BCUT2D eigenvalue weighted by molar-refractivity contribution is 0.0723. The Morgan fingerprint density at radius 1 is 0.900 bits per heavy atom. The van der Waals surface area contributed by atoms with Crippen molar-refractivity contribution in [3.63, 3.8) is 0 Å². The van der Waals surface area contributed by atoms with E-state index in [1.807, 2.05) is 54.3 Å². The van der Waals surface area contributed by atoms with Gasteiger partial charge in [0.05, 0.1) is 25.5 Å². The minimum Gasteiger partial charge on any atom is -0.497 e. The van der Waals surface area contributed by atoms with Crippen LogP contribution in [-0.4, -0.2) is 42.7 Å². The molecule has 3 aromatic rings. The Morgan fingerprint density at radius 2 is 1.63 bits per heavy atom. The Hall–Kier alpha value is -3.21. The number of carbonyl (C=O) groups excluding carboxylic acids is 1. The van der Waals surface area contributed by atoms with Crippen molar-refractivity contribution in [1.82, 2.24) is 9.47 Å². The number of hydrogen-bond acceptors (Lipinski definition) is 3. The molecule has 4 rings (SSSR count). The number of amides is 1. The summed E-state index contributed by atoms with van der Waals surface area (Å²) in [6.45, 7) is 3.68. The second-order valence-electron chi connectivity index (χ2n) is 7.62. The lowest BCUT2D eigenvalue weighted by Crippen LogP contribution is -2.35. The number of piperidine rings is 1. The molecule has 0 saturated carbocycles. The van der Waals surface area contributed by atoms with Crippen molar-refractivity contribution in [2.24, 2.45) is 0 Å². The summed E-state index contributed by atoms with van der Waals surface area (Å²) in [5.74, 6) is 1.55. The van der Waals surface area contributed by atoms with Gasteiger partial charge in [-0.2, -0.15) is 0 Å². The summed E-state index contributed by atoms with van der Waals surface area (Å²) in [4.78, 5) is 15.3. The molecule has 0 spiro atoms. The Bertz CT molecular complexity index is 1030. The molecule has 30 heavy (non-hydrogen) atoms. The highest BCUT2D eigenvalue weighted by Crippen LogP contribution is 2.37. The maximum Gasteiger partial charge on any atom is 0.255 e. The average molecular weight is 405 g/mol. The highest BCUT2D eigenvalue weighted by molar-refractivity contribution is 5.97. The van der Waals surface area contributed by atoms with E-state index in [1.165, 1.54) is 6.42 Å². The minimum atomic E-state index is 0.107. The van der Waals surface area contributed by atoms with Crippen molar-refractivity contribution >= 4 is 5.91 Å². The van der Waals surface area contributed by atoms with Crippen molar-refractivity contribution in [3.8, 4) is 28.4 Å². The topological polar surface area (TPSA) is 43.7 Å². The average Bonchev–Trinajstić information content (AvgIpc) is 3.15. The summed E-state index contributed by atoms with van der Waals surface area (Å²) in [5.41, 5.74) is 4.54. The summed E-state index contributed by atoms with van der Waals surface area (Å²) >= 11 is 0. The molecular formula is C25H28N2O3. The van der Waals surface area contributed by atoms with Crippen LogP contribution in [-0.2, 0) is 0 Å². The molecule has 1 fully saturated rings. The quantitative estimate of drug-likeness (QED) is 0.594. The van der Waals surface area contributed by atoms with E-state index in [0.29, 0.717) is 5.75 Å². The predicted molar refractivity (Wildman–Crippen MR) is 119 cm³/mol. The van der Waals surface area contributed by atoms with Crippen molar-refractivity contribution in [2.45, 2.75) is 26.2 Å². The number of methoxy groups -OCH3 is 2. The maximum absolute atomic E-state index is 13.4. The fourth-order valence-electron chi connectivity index (χ4n) is 4.21. The first-order valence-electron chi connectivity index (χ1n) is 10.4. The zero-order valence-electron chi connectivity index (χ0n) is 17.9. The summed E-state index contributed by atoms with van der Waals surface area (Å²) in [6, 6.07) is 17.9. The molecule has 0 radical (unpaired) electrons. The van der Waals surface area contributed by atoms with Crippen molar-refractivity contribution < 1.29 is 14.3 Å². The number of para-hydroxylation sites is 1. The van der Waals surface area contributed by atoms with Gasteiger partial charge in [0.25, 0.3) is 5.91 Å². The molecule has 0 atom stereocenters. The van der Waals surface area contributed by atoms with Gasteiger partial charge in [-0.3, -0.25) is 4.79 Å². The molecule has 0 N–H and O–H groups in total. The van der Waals surface area contributed by atoms with Crippen LogP contribution in [0.15, 0.2) is 54.6 Å². The number of ether oxygens (including phenoxy) is 2. The van der Waals surface area contributed by atoms with Crippen LogP contribution in [0.5, 0.6) is 11.5 Å². The Kier molecular flexibility index (Phi) is 5.79. The van der Waals surface area contributed by atoms with Gasteiger partial charge in [0, 0.05) is 36.1 Å². The van der Waals surface area contributed by atoms with Crippen molar-refractivity contribution in [1.29, 1.82) is 0 Å². The van der Waals surface area contributed by atoms with Crippen LogP contribution >= 0.6 is 0 Å². The van der Waals surface area contributed by atoms with Crippen LogP contribution in [0, 0.1) is 6.92 Å². The molecule has 1 aliphatic heterocycles. The lowest BCUT2D eigenvalue weighted by atomic mass is 10.1. The second-order valence-corrected chi connectivity index (χ2v) is 7.62. The molecule has 1 aliphatic rings. The third-order valence-electron chi connectivity index (χ3n) is 5.82. The molecule has 0 aliphatic carbocycles. The fraction of sp³-hybridized carbons (Fsp3) is 0.320. The summed E-state index contributed by atoms with van der Waals surface area (Å²) < 4.78 is 13.2. The summed E-state index contributed by atoms with van der Waals surface area (Å²) in [6.07, 6.45) is 3.34. The predicted octanol–water partition coefficient (Wildman–Crippen LogP) is 5.10. The smallest absolute Gasteiger partial charge is 0.255 e. The van der Waals surface area contributed by atoms with Gasteiger partial charge in [-0.1, -0.05) is 18.2 Å². The third-order valence-corrected chi connectivity index (χ3v) is 5.82. The highest BCUT2D eigenvalue weighted by atomic mass is 16.5. The Morgan fingerprint density at radius 3 is 2.30 bits per heavy atom. The standard InChI is InChI=1S/C25H28N2O3/c1-18-22(25(28)26-14-8-5-9-15-26)17-23(27(18)19-10-6-4-7-11-19)21-13-12-20(29-2)16-24(21)30-3/h4,6-7,10-13,16-17H,5,8-9,14-15H2,1-3H3. The largest absolute Gasteiger partial charge is 0.497 e. The number of hydrogen-bond donors (Lipinski definition) is 0. The number of carbonyl (C=O) groups is 1. The maximum atomic E-state index is 13.4. The molecule has 1 amide bonds. The van der Waals surface area contributed by atoms with Crippen LogP contribution in [0.3, 0.4) is 0 Å². The monoisotopic (exact) mass is 404 g/mol. The fourth-order valence-corrected chi connectivity index (χ4v) is 4.21. The van der Waals surface area contributed by atoms with Gasteiger partial charge in [0.15, 0.2) is 0 Å². The van der Waals surface area contributed by atoms with Gasteiger partial charge >= 0.3 is 0 Å². The summed E-state index contributed by atoms with van der Waals surface area (Å²) in [7, 11) is 3.29. The molecule has 0 bridgehead atoms. The van der Waals surface area contributed by atoms with Gasteiger partial charge in [0.1, 0.15) is 11.5 Å². The molecule has 0 unspecified atom stereocenters. The molecular weight excluding hydrogens is 376 g/mol.